The topological polar surface area (TPSA) is 62.1 Å². The van der Waals surface area contributed by atoms with E-state index in [-0.39, 0.29) is 11.8 Å². The summed E-state index contributed by atoms with van der Waals surface area (Å²) >= 11 is 0. The Morgan fingerprint density at radius 3 is 2.33 bits per heavy atom. The van der Waals surface area contributed by atoms with Gasteiger partial charge in [-0.05, 0) is 31.4 Å². The lowest BCUT2D eigenvalue weighted by Gasteiger charge is -2.45. The van der Waals surface area contributed by atoms with E-state index >= 15 is 0 Å². The van der Waals surface area contributed by atoms with Gasteiger partial charge >= 0.3 is 0 Å². The molecule has 0 aliphatic carbocycles. The number of amides is 1. The molecule has 1 aromatic rings. The molecule has 0 bridgehead atoms. The standard InChI is InChI=1S/C20H31N3O3S/c1-16(2)20-22(19(24)15-21-11-4-5-12-21)13-6-14-23(20)27(25,26)18-9-7-17(3)8-10-18/h7-10,16,20H,4-6,11-15H2,1-3H3/p+1/t20-/m0/s1. The molecule has 150 valence electrons. The summed E-state index contributed by atoms with van der Waals surface area (Å²) in [5.74, 6) is 0.109. The number of hydrogen-bond donors (Lipinski definition) is 1. The van der Waals surface area contributed by atoms with E-state index in [2.05, 4.69) is 0 Å². The Bertz CT molecular complexity index is 755. The first-order valence-electron chi connectivity index (χ1n) is 10.0. The third-order valence-electron chi connectivity index (χ3n) is 5.65. The fourth-order valence-corrected chi connectivity index (χ4v) is 6.02. The quantitative estimate of drug-likeness (QED) is 0.806. The predicted octanol–water partition coefficient (Wildman–Crippen LogP) is 0.879. The molecule has 0 unspecified atom stereocenters. The second-order valence-electron chi connectivity index (χ2n) is 8.16. The van der Waals surface area contributed by atoms with Crippen LogP contribution >= 0.6 is 0 Å². The maximum Gasteiger partial charge on any atom is 0.279 e. The normalized spacial score (nSPS) is 22.5. The third kappa shape index (κ3) is 4.36. The van der Waals surface area contributed by atoms with Gasteiger partial charge in [-0.2, -0.15) is 4.31 Å². The van der Waals surface area contributed by atoms with Gasteiger partial charge in [0, 0.05) is 25.9 Å². The number of carbonyl (C=O) groups excluding carboxylic acids is 1. The molecule has 0 radical (unpaired) electrons. The van der Waals surface area contributed by atoms with Crippen LogP contribution in [0.2, 0.25) is 0 Å². The van der Waals surface area contributed by atoms with Crippen LogP contribution in [-0.4, -0.2) is 62.4 Å². The van der Waals surface area contributed by atoms with Crippen molar-refractivity contribution >= 4 is 15.9 Å². The van der Waals surface area contributed by atoms with Gasteiger partial charge in [-0.25, -0.2) is 8.42 Å². The van der Waals surface area contributed by atoms with E-state index in [1.165, 1.54) is 17.7 Å². The minimum absolute atomic E-state index is 0.0306. The molecule has 0 saturated carbocycles. The summed E-state index contributed by atoms with van der Waals surface area (Å²) in [6.07, 6.45) is 2.60. The first kappa shape index (κ1) is 20.3. The third-order valence-corrected chi connectivity index (χ3v) is 7.53. The van der Waals surface area contributed by atoms with Gasteiger partial charge < -0.3 is 9.80 Å². The molecule has 0 aromatic heterocycles. The van der Waals surface area contributed by atoms with Gasteiger partial charge in [-0.1, -0.05) is 31.5 Å². The number of aryl methyl sites for hydroxylation is 1. The van der Waals surface area contributed by atoms with Gasteiger partial charge in [-0.15, -0.1) is 0 Å². The zero-order valence-electron chi connectivity index (χ0n) is 16.6. The molecule has 27 heavy (non-hydrogen) atoms. The van der Waals surface area contributed by atoms with Crippen LogP contribution in [-0.2, 0) is 14.8 Å². The van der Waals surface area contributed by atoms with Crippen LogP contribution in [0.3, 0.4) is 0 Å². The summed E-state index contributed by atoms with van der Waals surface area (Å²) in [6, 6.07) is 6.97. The van der Waals surface area contributed by atoms with Gasteiger partial charge in [0.1, 0.15) is 6.17 Å². The number of quaternary nitrogens is 1. The van der Waals surface area contributed by atoms with Crippen LogP contribution < -0.4 is 4.90 Å². The van der Waals surface area contributed by atoms with Crippen molar-refractivity contribution in [1.29, 1.82) is 0 Å². The first-order valence-corrected chi connectivity index (χ1v) is 11.5. The smallest absolute Gasteiger partial charge is 0.279 e. The monoisotopic (exact) mass is 394 g/mol. The fraction of sp³-hybridized carbons (Fsp3) is 0.650. The highest BCUT2D eigenvalue weighted by atomic mass is 32.2. The second kappa shape index (κ2) is 8.29. The van der Waals surface area contributed by atoms with Crippen molar-refractivity contribution in [3.8, 4) is 0 Å². The molecule has 2 aliphatic rings. The van der Waals surface area contributed by atoms with E-state index in [0.717, 1.165) is 18.7 Å². The summed E-state index contributed by atoms with van der Waals surface area (Å²) in [5.41, 5.74) is 1.03. The molecule has 3 rings (SSSR count). The van der Waals surface area contributed by atoms with Gasteiger partial charge in [0.2, 0.25) is 10.0 Å². The Morgan fingerprint density at radius 2 is 1.74 bits per heavy atom. The number of hydrogen-bond acceptors (Lipinski definition) is 3. The van der Waals surface area contributed by atoms with E-state index in [1.807, 2.05) is 37.8 Å². The summed E-state index contributed by atoms with van der Waals surface area (Å²) < 4.78 is 28.2. The number of rotatable bonds is 5. The summed E-state index contributed by atoms with van der Waals surface area (Å²) in [4.78, 5) is 16.4. The molecular weight excluding hydrogens is 362 g/mol. The number of nitrogens with one attached hydrogen (secondary N) is 1. The molecule has 6 nitrogen and oxygen atoms in total. The molecule has 2 aliphatic heterocycles. The molecule has 1 aromatic carbocycles. The van der Waals surface area contributed by atoms with E-state index < -0.39 is 16.2 Å². The Hall–Kier alpha value is -1.44. The molecule has 0 spiro atoms. The number of nitrogens with zero attached hydrogens (tertiary/aromatic N) is 2. The average molecular weight is 395 g/mol. The van der Waals surface area contributed by atoms with Crippen molar-refractivity contribution in [3.05, 3.63) is 29.8 Å². The zero-order valence-corrected chi connectivity index (χ0v) is 17.5. The van der Waals surface area contributed by atoms with Crippen LogP contribution in [0.15, 0.2) is 29.2 Å². The van der Waals surface area contributed by atoms with Gasteiger partial charge in [0.25, 0.3) is 5.91 Å². The molecule has 1 atom stereocenters. The Balaban J connectivity index is 1.85. The largest absolute Gasteiger partial charge is 0.327 e. The zero-order chi connectivity index (χ0) is 19.6. The minimum Gasteiger partial charge on any atom is -0.327 e. The SMILES string of the molecule is Cc1ccc(S(=O)(=O)N2CCCN(C(=O)C[NH+]3CCCC3)[C@@H]2C(C)C)cc1. The highest BCUT2D eigenvalue weighted by molar-refractivity contribution is 7.89. The van der Waals surface area contributed by atoms with E-state index in [4.69, 9.17) is 0 Å². The number of likely N-dealkylation sites (tertiary alicyclic amines) is 1. The summed E-state index contributed by atoms with van der Waals surface area (Å²) in [7, 11) is -3.63. The molecule has 2 saturated heterocycles. The van der Waals surface area contributed by atoms with Crippen LogP contribution in [0.1, 0.15) is 38.7 Å². The molecule has 2 fully saturated rings. The Labute approximate surface area is 163 Å². The number of sulfonamides is 1. The highest BCUT2D eigenvalue weighted by Gasteiger charge is 2.42. The van der Waals surface area contributed by atoms with Crippen molar-refractivity contribution in [2.75, 3.05) is 32.7 Å². The minimum atomic E-state index is -3.63. The fourth-order valence-electron chi connectivity index (χ4n) is 4.26. The van der Waals surface area contributed by atoms with Gasteiger partial charge in [0.05, 0.1) is 18.0 Å². The van der Waals surface area contributed by atoms with Crippen molar-refractivity contribution in [2.24, 2.45) is 5.92 Å². The average Bonchev–Trinajstić information content (AvgIpc) is 3.14. The lowest BCUT2D eigenvalue weighted by Crippen LogP contribution is -3.11. The van der Waals surface area contributed by atoms with Gasteiger partial charge in [-0.3, -0.25) is 4.79 Å². The maximum absolute atomic E-state index is 13.3. The number of carbonyl (C=O) groups is 1. The van der Waals surface area contributed by atoms with Crippen LogP contribution in [0.25, 0.3) is 0 Å². The highest BCUT2D eigenvalue weighted by Crippen LogP contribution is 2.28. The van der Waals surface area contributed by atoms with E-state index in [0.29, 0.717) is 31.0 Å². The first-order chi connectivity index (χ1) is 12.8. The Morgan fingerprint density at radius 1 is 1.11 bits per heavy atom. The van der Waals surface area contributed by atoms with Crippen LogP contribution in [0.5, 0.6) is 0 Å². The van der Waals surface area contributed by atoms with Crippen LogP contribution in [0.4, 0.5) is 0 Å². The molecular formula is C20H32N3O3S+. The van der Waals surface area contributed by atoms with Crippen molar-refractivity contribution in [1.82, 2.24) is 9.21 Å². The molecule has 1 N–H and O–H groups in total. The molecule has 2 heterocycles. The molecule has 7 heteroatoms. The maximum atomic E-state index is 13.3. The van der Waals surface area contributed by atoms with Crippen molar-refractivity contribution < 1.29 is 18.1 Å². The summed E-state index contributed by atoms with van der Waals surface area (Å²) in [5, 5.41) is 0. The number of benzene rings is 1. The Kier molecular flexibility index (Phi) is 6.23. The second-order valence-corrected chi connectivity index (χ2v) is 10.1. The van der Waals surface area contributed by atoms with E-state index in [9.17, 15) is 13.2 Å². The molecule has 1 amide bonds. The predicted molar refractivity (Wildman–Crippen MR) is 105 cm³/mol. The van der Waals surface area contributed by atoms with Crippen molar-refractivity contribution in [3.63, 3.8) is 0 Å². The van der Waals surface area contributed by atoms with E-state index in [1.54, 1.807) is 16.4 Å². The summed E-state index contributed by atoms with van der Waals surface area (Å²) in [6.45, 7) is 9.58. The lowest BCUT2D eigenvalue weighted by atomic mass is 10.1. The van der Waals surface area contributed by atoms with Crippen molar-refractivity contribution in [2.45, 2.75) is 51.1 Å². The van der Waals surface area contributed by atoms with Gasteiger partial charge in [0.15, 0.2) is 6.54 Å². The van der Waals surface area contributed by atoms with Crippen LogP contribution in [0, 0.1) is 12.8 Å². The lowest BCUT2D eigenvalue weighted by molar-refractivity contribution is -0.879.